The molecule has 1 aliphatic heterocycles. The normalized spacial score (nSPS) is 15.7. The van der Waals surface area contributed by atoms with Crippen LogP contribution in [0.15, 0.2) is 30.7 Å². The first-order chi connectivity index (χ1) is 12.7. The van der Waals surface area contributed by atoms with Crippen molar-refractivity contribution in [3.63, 3.8) is 0 Å². The predicted octanol–water partition coefficient (Wildman–Crippen LogP) is 1.55. The molecule has 1 saturated heterocycles. The smallest absolute Gasteiger partial charge is 0.168 e. The van der Waals surface area contributed by atoms with Crippen molar-refractivity contribution in [3.8, 4) is 5.69 Å². The van der Waals surface area contributed by atoms with Crippen LogP contribution >= 0.6 is 0 Å². The number of hydrogen-bond donors (Lipinski definition) is 1. The zero-order valence-electron chi connectivity index (χ0n) is 15.3. The summed E-state index contributed by atoms with van der Waals surface area (Å²) < 4.78 is 1.90. The highest BCUT2D eigenvalue weighted by molar-refractivity contribution is 5.87. The molecular formula is C19H24N6O. The Hall–Kier alpha value is -2.51. The van der Waals surface area contributed by atoms with Crippen molar-refractivity contribution in [3.05, 3.63) is 41.9 Å². The third-order valence-corrected chi connectivity index (χ3v) is 5.01. The van der Waals surface area contributed by atoms with Crippen LogP contribution < -0.4 is 4.90 Å². The molecule has 1 N–H and O–H groups in total. The first-order valence-corrected chi connectivity index (χ1v) is 9.02. The van der Waals surface area contributed by atoms with Crippen LogP contribution in [-0.2, 0) is 0 Å². The maximum atomic E-state index is 9.11. The van der Waals surface area contributed by atoms with E-state index in [1.165, 1.54) is 11.1 Å². The monoisotopic (exact) mass is 352 g/mol. The molecule has 3 aromatic rings. The average molecular weight is 352 g/mol. The van der Waals surface area contributed by atoms with Gasteiger partial charge in [0.05, 0.1) is 23.9 Å². The highest BCUT2D eigenvalue weighted by Crippen LogP contribution is 2.26. The van der Waals surface area contributed by atoms with E-state index in [2.05, 4.69) is 56.9 Å². The maximum absolute atomic E-state index is 9.11. The first kappa shape index (κ1) is 16.9. The molecule has 0 amide bonds. The summed E-state index contributed by atoms with van der Waals surface area (Å²) >= 11 is 0. The topological polar surface area (TPSA) is 70.3 Å². The van der Waals surface area contributed by atoms with Crippen LogP contribution in [0, 0.1) is 13.8 Å². The second kappa shape index (κ2) is 7.01. The van der Waals surface area contributed by atoms with Gasteiger partial charge in [-0.05, 0) is 25.5 Å². The zero-order valence-corrected chi connectivity index (χ0v) is 15.3. The summed E-state index contributed by atoms with van der Waals surface area (Å²) in [5, 5.41) is 14.7. The van der Waals surface area contributed by atoms with Crippen LogP contribution in [-0.4, -0.2) is 69.1 Å². The Kier molecular flexibility index (Phi) is 4.57. The molecule has 136 valence electrons. The summed E-state index contributed by atoms with van der Waals surface area (Å²) in [5.41, 5.74) is 4.29. The number of aliphatic hydroxyl groups excluding tert-OH is 1. The van der Waals surface area contributed by atoms with Gasteiger partial charge in [0.25, 0.3) is 0 Å². The molecule has 2 aromatic heterocycles. The minimum Gasteiger partial charge on any atom is -0.395 e. The number of fused-ring (bicyclic) bond motifs is 1. The zero-order chi connectivity index (χ0) is 18.1. The molecule has 1 aliphatic rings. The van der Waals surface area contributed by atoms with E-state index in [0.29, 0.717) is 0 Å². The van der Waals surface area contributed by atoms with E-state index in [0.717, 1.165) is 55.3 Å². The summed E-state index contributed by atoms with van der Waals surface area (Å²) in [6, 6.07) is 6.34. The summed E-state index contributed by atoms with van der Waals surface area (Å²) in [7, 11) is 0. The molecule has 0 unspecified atom stereocenters. The van der Waals surface area contributed by atoms with Crippen molar-refractivity contribution in [2.45, 2.75) is 13.8 Å². The second-order valence-electron chi connectivity index (χ2n) is 6.83. The number of aliphatic hydroxyl groups is 1. The van der Waals surface area contributed by atoms with E-state index in [1.54, 1.807) is 6.33 Å². The third-order valence-electron chi connectivity index (χ3n) is 5.01. The number of β-amino-alcohol motifs (C(OH)–C–C–N with tert-alkyl or cyclic N) is 1. The van der Waals surface area contributed by atoms with Crippen molar-refractivity contribution in [1.29, 1.82) is 0 Å². The van der Waals surface area contributed by atoms with Crippen LogP contribution in [0.3, 0.4) is 0 Å². The second-order valence-corrected chi connectivity index (χ2v) is 6.83. The van der Waals surface area contributed by atoms with E-state index in [-0.39, 0.29) is 6.61 Å². The van der Waals surface area contributed by atoms with Gasteiger partial charge in [0.1, 0.15) is 12.1 Å². The maximum Gasteiger partial charge on any atom is 0.168 e. The first-order valence-electron chi connectivity index (χ1n) is 9.02. The van der Waals surface area contributed by atoms with E-state index in [1.807, 2.05) is 10.9 Å². The van der Waals surface area contributed by atoms with Gasteiger partial charge in [-0.15, -0.1) is 0 Å². The van der Waals surface area contributed by atoms with Crippen molar-refractivity contribution >= 4 is 16.9 Å². The number of piperazine rings is 1. The van der Waals surface area contributed by atoms with E-state index < -0.39 is 0 Å². The molecule has 7 heteroatoms. The number of aryl methyl sites for hydroxylation is 2. The lowest BCUT2D eigenvalue weighted by atomic mass is 10.1. The summed E-state index contributed by atoms with van der Waals surface area (Å²) in [6.45, 7) is 8.77. The van der Waals surface area contributed by atoms with Gasteiger partial charge in [0.2, 0.25) is 0 Å². The van der Waals surface area contributed by atoms with Gasteiger partial charge in [-0.3, -0.25) is 4.90 Å². The summed E-state index contributed by atoms with van der Waals surface area (Å²) in [6.07, 6.45) is 3.49. The molecule has 4 rings (SSSR count). The standard InChI is InChI=1S/C19H24N6O/c1-14-3-4-17(15(2)11-14)25-19-16(12-22-25)18(20-13-21-19)24-7-5-23(6-8-24)9-10-26/h3-4,11-13,26H,5-10H2,1-2H3. The summed E-state index contributed by atoms with van der Waals surface area (Å²) in [5.74, 6) is 0.940. The molecule has 26 heavy (non-hydrogen) atoms. The number of rotatable bonds is 4. The number of aromatic nitrogens is 4. The van der Waals surface area contributed by atoms with E-state index >= 15 is 0 Å². The number of benzene rings is 1. The van der Waals surface area contributed by atoms with Crippen molar-refractivity contribution in [2.24, 2.45) is 0 Å². The average Bonchev–Trinajstić information content (AvgIpc) is 3.07. The van der Waals surface area contributed by atoms with Crippen LogP contribution in [0.5, 0.6) is 0 Å². The van der Waals surface area contributed by atoms with Gasteiger partial charge in [0.15, 0.2) is 5.65 Å². The molecule has 0 aliphatic carbocycles. The molecule has 0 spiro atoms. The molecule has 0 radical (unpaired) electrons. The number of nitrogens with zero attached hydrogens (tertiary/aromatic N) is 6. The Morgan fingerprint density at radius 1 is 1.08 bits per heavy atom. The Morgan fingerprint density at radius 2 is 1.88 bits per heavy atom. The van der Waals surface area contributed by atoms with Crippen LogP contribution in [0.25, 0.3) is 16.7 Å². The van der Waals surface area contributed by atoms with Gasteiger partial charge in [-0.1, -0.05) is 17.7 Å². The Morgan fingerprint density at radius 3 is 2.62 bits per heavy atom. The molecule has 1 fully saturated rings. The third kappa shape index (κ3) is 3.04. The Labute approximate surface area is 152 Å². The molecule has 7 nitrogen and oxygen atoms in total. The summed E-state index contributed by atoms with van der Waals surface area (Å²) in [4.78, 5) is 13.6. The highest BCUT2D eigenvalue weighted by Gasteiger charge is 2.21. The van der Waals surface area contributed by atoms with Crippen LogP contribution in [0.2, 0.25) is 0 Å². The molecule has 3 heterocycles. The fourth-order valence-corrected chi connectivity index (χ4v) is 3.63. The van der Waals surface area contributed by atoms with E-state index in [4.69, 9.17) is 5.11 Å². The molecule has 0 bridgehead atoms. The minimum absolute atomic E-state index is 0.209. The van der Waals surface area contributed by atoms with Gasteiger partial charge in [-0.25, -0.2) is 14.6 Å². The van der Waals surface area contributed by atoms with Crippen molar-refractivity contribution in [1.82, 2.24) is 24.6 Å². The SMILES string of the molecule is Cc1ccc(-n2ncc3c(N4CCN(CCO)CC4)ncnc32)c(C)c1. The van der Waals surface area contributed by atoms with Crippen molar-refractivity contribution < 1.29 is 5.11 Å². The van der Waals surface area contributed by atoms with Crippen molar-refractivity contribution in [2.75, 3.05) is 44.2 Å². The molecule has 0 atom stereocenters. The van der Waals surface area contributed by atoms with Gasteiger partial charge >= 0.3 is 0 Å². The largest absolute Gasteiger partial charge is 0.395 e. The molecule has 1 aromatic carbocycles. The van der Waals surface area contributed by atoms with Gasteiger partial charge in [0, 0.05) is 32.7 Å². The van der Waals surface area contributed by atoms with Gasteiger partial charge < -0.3 is 10.0 Å². The molecular weight excluding hydrogens is 328 g/mol. The lowest BCUT2D eigenvalue weighted by Gasteiger charge is -2.35. The highest BCUT2D eigenvalue weighted by atomic mass is 16.3. The Balaban J connectivity index is 1.68. The van der Waals surface area contributed by atoms with Gasteiger partial charge in [-0.2, -0.15) is 5.10 Å². The molecule has 0 saturated carbocycles. The predicted molar refractivity (Wildman–Crippen MR) is 102 cm³/mol. The number of anilines is 1. The van der Waals surface area contributed by atoms with Crippen LogP contribution in [0.4, 0.5) is 5.82 Å². The Bertz CT molecular complexity index is 914. The fraction of sp³-hybridized carbons (Fsp3) is 0.421. The quantitative estimate of drug-likeness (QED) is 0.768. The lowest BCUT2D eigenvalue weighted by Crippen LogP contribution is -2.47. The lowest BCUT2D eigenvalue weighted by molar-refractivity contribution is 0.188. The minimum atomic E-state index is 0.209. The van der Waals surface area contributed by atoms with E-state index in [9.17, 15) is 0 Å². The fourth-order valence-electron chi connectivity index (χ4n) is 3.63. The van der Waals surface area contributed by atoms with Crippen LogP contribution in [0.1, 0.15) is 11.1 Å². The number of hydrogen-bond acceptors (Lipinski definition) is 6.